The second-order valence-electron chi connectivity index (χ2n) is 17.5. The van der Waals surface area contributed by atoms with Crippen LogP contribution in [0.5, 0.6) is 0 Å². The molecular weight excluding hydrogens is 799 g/mol. The number of aryl methyl sites for hydroxylation is 6. The molecule has 0 bridgehead atoms. The van der Waals surface area contributed by atoms with Gasteiger partial charge in [-0.3, -0.25) is 14.4 Å². The Morgan fingerprint density at radius 1 is 0.667 bits per heavy atom. The number of nitrogens with zero attached hydrogens (tertiary/aromatic N) is 1. The van der Waals surface area contributed by atoms with Gasteiger partial charge in [-0.05, 0) is 112 Å². The summed E-state index contributed by atoms with van der Waals surface area (Å²) in [6.07, 6.45) is 8.40. The molecule has 6 aliphatic rings. The molecule has 2 saturated carbocycles. The number of esters is 1. The van der Waals surface area contributed by atoms with Crippen molar-refractivity contribution in [2.45, 2.75) is 140 Å². The van der Waals surface area contributed by atoms with Crippen molar-refractivity contribution in [3.05, 3.63) is 80.3 Å². The Balaban J connectivity index is 0.000000214. The number of carbonyl (C=O) groups is 3. The average Bonchev–Trinajstić information content (AvgIpc) is 4.13. The highest BCUT2D eigenvalue weighted by molar-refractivity contribution is 6.26. The average molecular weight is 870 g/mol. The van der Waals surface area contributed by atoms with Crippen LogP contribution in [-0.4, -0.2) is 74.3 Å². The van der Waals surface area contributed by atoms with Crippen LogP contribution in [0.25, 0.3) is 11.1 Å². The number of fused-ring (bicyclic) bond motifs is 2. The van der Waals surface area contributed by atoms with E-state index in [-0.39, 0.29) is 73.0 Å². The fourth-order valence-electron chi connectivity index (χ4n) is 10.8. The van der Waals surface area contributed by atoms with Crippen LogP contribution in [0.1, 0.15) is 132 Å². The number of aliphatic hydroxyl groups excluding tert-OH is 1. The number of aliphatic imine (C=N–C) groups is 1. The molecule has 11 heteroatoms. The normalized spacial score (nSPS) is 25.3. The Morgan fingerprint density at radius 2 is 1.06 bits per heavy atom. The summed E-state index contributed by atoms with van der Waals surface area (Å²) in [4.78, 5) is 51.9. The molecule has 4 fully saturated rings. The maximum Gasteiger partial charge on any atom is 0.310 e. The van der Waals surface area contributed by atoms with E-state index in [1.54, 1.807) is 6.92 Å². The van der Waals surface area contributed by atoms with Crippen LogP contribution < -0.4 is 0 Å². The van der Waals surface area contributed by atoms with Gasteiger partial charge in [-0.2, -0.15) is 0 Å². The molecule has 0 radical (unpaired) electrons. The Labute approximate surface area is 375 Å². The first kappa shape index (κ1) is 49.8. The van der Waals surface area contributed by atoms with E-state index in [1.807, 2.05) is 6.92 Å². The number of carbonyl (C=O) groups excluding carboxylic acids is 4. The van der Waals surface area contributed by atoms with Gasteiger partial charge in [0.05, 0.1) is 37.6 Å². The fourth-order valence-corrected chi connectivity index (χ4v) is 10.8. The summed E-state index contributed by atoms with van der Waals surface area (Å²) in [5.41, 5.74) is 10.3. The number of benzene rings is 2. The summed E-state index contributed by atoms with van der Waals surface area (Å²) in [5.74, 6) is 0.819. The minimum atomic E-state index is -0.247. The summed E-state index contributed by atoms with van der Waals surface area (Å²) in [6.45, 7) is 19.4. The zero-order valence-electron chi connectivity index (χ0n) is 38.1. The smallest absolute Gasteiger partial charge is 0.310 e. The molecule has 2 heterocycles. The molecule has 0 spiro atoms. The predicted octanol–water partition coefficient (Wildman–Crippen LogP) is 9.74. The SMILES string of the molecule is C.CCCC(=O)OC1=C(c2c(CC)cc(C)cc2CC)C(=O)C2CC(C3OCCO3)CC12.CCN=C=O.CCc1cc(C)cc(CC)c1C1=C(O)C2CC(C3OCCO3)CC2C1=O. The summed E-state index contributed by atoms with van der Waals surface area (Å²) >= 11 is 0. The first-order valence-corrected chi connectivity index (χ1v) is 23.2. The summed E-state index contributed by atoms with van der Waals surface area (Å²) < 4.78 is 28.7. The van der Waals surface area contributed by atoms with Gasteiger partial charge in [0.1, 0.15) is 11.5 Å². The standard InChI is InChI=1S/C26H34O5.C22H28O4.C3H5NO.CH4/c1-5-8-21(27)31-25-20-14-18(26-29-9-10-30-26)13-19(20)24(28)23(25)22-16(6-2)11-15(4)12-17(22)7-3;1-4-13-8-12(3)9-14(5-2)18(13)19-20(23)16-10-15(11-17(16)21(19)24)22-25-6-7-26-22;1-2-4-3-5;/h11-12,18-20,26H,5-10,13-14H2,1-4H3;8-9,15-17,22-23H,4-7,10-11H2,1-3H3;2H2,1H3;1H4. The molecule has 0 amide bonds. The van der Waals surface area contributed by atoms with Crippen molar-refractivity contribution in [1.82, 2.24) is 0 Å². The minimum absolute atomic E-state index is 0. The first-order chi connectivity index (χ1) is 29.9. The molecule has 6 unspecified atom stereocenters. The van der Waals surface area contributed by atoms with Gasteiger partial charge >= 0.3 is 5.97 Å². The molecule has 8 rings (SSSR count). The van der Waals surface area contributed by atoms with Crippen molar-refractivity contribution >= 4 is 34.8 Å². The van der Waals surface area contributed by atoms with Gasteiger partial charge in [-0.1, -0.05) is 77.4 Å². The quantitative estimate of drug-likeness (QED) is 0.124. The molecule has 4 aliphatic carbocycles. The van der Waals surface area contributed by atoms with Crippen LogP contribution in [0, 0.1) is 49.4 Å². The molecule has 11 nitrogen and oxygen atoms in total. The van der Waals surface area contributed by atoms with Gasteiger partial charge < -0.3 is 28.8 Å². The molecule has 2 aliphatic heterocycles. The van der Waals surface area contributed by atoms with Crippen LogP contribution in [0.15, 0.2) is 40.8 Å². The maximum atomic E-state index is 13.8. The monoisotopic (exact) mass is 870 g/mol. The molecule has 2 saturated heterocycles. The number of isocyanates is 1. The van der Waals surface area contributed by atoms with Crippen LogP contribution in [0.2, 0.25) is 0 Å². The third kappa shape index (κ3) is 10.5. The van der Waals surface area contributed by atoms with Crippen molar-refractivity contribution in [3.8, 4) is 0 Å². The zero-order valence-corrected chi connectivity index (χ0v) is 38.1. The van der Waals surface area contributed by atoms with Gasteiger partial charge in [0.15, 0.2) is 24.1 Å². The van der Waals surface area contributed by atoms with E-state index in [4.69, 9.17) is 28.5 Å². The lowest BCUT2D eigenvalue weighted by Crippen LogP contribution is -2.21. The van der Waals surface area contributed by atoms with Crippen LogP contribution in [0.3, 0.4) is 0 Å². The van der Waals surface area contributed by atoms with Crippen molar-refractivity contribution in [2.75, 3.05) is 33.0 Å². The van der Waals surface area contributed by atoms with E-state index >= 15 is 0 Å². The lowest BCUT2D eigenvalue weighted by Gasteiger charge is -2.21. The highest BCUT2D eigenvalue weighted by Gasteiger charge is 2.54. The van der Waals surface area contributed by atoms with Crippen LogP contribution >= 0.6 is 0 Å². The Morgan fingerprint density at radius 3 is 1.44 bits per heavy atom. The molecule has 6 atom stereocenters. The first-order valence-electron chi connectivity index (χ1n) is 23.2. The number of rotatable bonds is 12. The molecule has 1 N–H and O–H groups in total. The van der Waals surface area contributed by atoms with Gasteiger partial charge in [-0.25, -0.2) is 9.79 Å². The van der Waals surface area contributed by atoms with Crippen LogP contribution in [0.4, 0.5) is 0 Å². The van der Waals surface area contributed by atoms with Gasteiger partial charge in [0, 0.05) is 48.5 Å². The van der Waals surface area contributed by atoms with Crippen LogP contribution in [-0.2, 0) is 68.5 Å². The molecule has 344 valence electrons. The van der Waals surface area contributed by atoms with E-state index in [0.717, 1.165) is 91.2 Å². The Bertz CT molecular complexity index is 2030. The van der Waals surface area contributed by atoms with E-state index < -0.39 is 0 Å². The summed E-state index contributed by atoms with van der Waals surface area (Å²) in [7, 11) is 0. The van der Waals surface area contributed by atoms with E-state index in [9.17, 15) is 19.5 Å². The summed E-state index contributed by atoms with van der Waals surface area (Å²) in [6, 6.07) is 8.63. The molecule has 2 aromatic carbocycles. The molecule has 0 aromatic heterocycles. The fraction of sp³-hybridized carbons (Fsp3) is 0.615. The maximum absolute atomic E-state index is 13.8. The Kier molecular flexibility index (Phi) is 17.8. The number of ether oxygens (including phenoxy) is 5. The topological polar surface area (TPSA) is 147 Å². The van der Waals surface area contributed by atoms with Crippen molar-refractivity contribution in [2.24, 2.45) is 40.5 Å². The number of hydrogen-bond acceptors (Lipinski definition) is 11. The highest BCUT2D eigenvalue weighted by Crippen LogP contribution is 2.54. The van der Waals surface area contributed by atoms with E-state index in [0.29, 0.717) is 62.1 Å². The van der Waals surface area contributed by atoms with E-state index in [2.05, 4.69) is 70.8 Å². The number of aliphatic hydroxyl groups is 1. The summed E-state index contributed by atoms with van der Waals surface area (Å²) in [5, 5.41) is 11.0. The third-order valence-electron chi connectivity index (χ3n) is 13.4. The van der Waals surface area contributed by atoms with E-state index in [1.165, 1.54) is 17.2 Å². The zero-order chi connectivity index (χ0) is 44.7. The lowest BCUT2D eigenvalue weighted by atomic mass is 9.87. The largest absolute Gasteiger partial charge is 0.511 e. The van der Waals surface area contributed by atoms with Gasteiger partial charge in [0.25, 0.3) is 0 Å². The highest BCUT2D eigenvalue weighted by atomic mass is 16.7. The molecule has 63 heavy (non-hydrogen) atoms. The second kappa shape index (κ2) is 22.6. The minimum Gasteiger partial charge on any atom is -0.511 e. The third-order valence-corrected chi connectivity index (χ3v) is 13.4. The van der Waals surface area contributed by atoms with Crippen molar-refractivity contribution < 1.29 is 48.0 Å². The number of ketones is 2. The number of Topliss-reactive ketones (excluding diaryl/α,β-unsaturated/α-hetero) is 2. The van der Waals surface area contributed by atoms with Crippen molar-refractivity contribution in [1.29, 1.82) is 0 Å². The lowest BCUT2D eigenvalue weighted by molar-refractivity contribution is -0.140. The molecule has 2 aromatic rings. The number of allylic oxidation sites excluding steroid dienone is 4. The Hall–Kier alpha value is -4.25. The number of hydrogen-bond donors (Lipinski definition) is 1. The predicted molar refractivity (Wildman–Crippen MR) is 244 cm³/mol. The second-order valence-corrected chi connectivity index (χ2v) is 17.5. The van der Waals surface area contributed by atoms with Crippen molar-refractivity contribution in [3.63, 3.8) is 0 Å². The van der Waals surface area contributed by atoms with Gasteiger partial charge in [0.2, 0.25) is 6.08 Å². The molecular formula is C52H71NO10. The van der Waals surface area contributed by atoms with Gasteiger partial charge in [-0.15, -0.1) is 0 Å².